The lowest BCUT2D eigenvalue weighted by Crippen LogP contribution is -2.24. The van der Waals surface area contributed by atoms with Gasteiger partial charge in [0.25, 0.3) is 0 Å². The van der Waals surface area contributed by atoms with Gasteiger partial charge < -0.3 is 23.7 Å². The van der Waals surface area contributed by atoms with Crippen LogP contribution in [0.2, 0.25) is 0 Å². The fourth-order valence-corrected chi connectivity index (χ4v) is 2.68. The Kier molecular flexibility index (Phi) is 12.8. The fraction of sp³-hybridized carbons (Fsp3) is 0.524. The van der Waals surface area contributed by atoms with Crippen LogP contribution in [0.25, 0.3) is 0 Å². The van der Waals surface area contributed by atoms with Crippen molar-refractivity contribution in [3.05, 3.63) is 36.4 Å². The molecule has 0 fully saturated rings. The zero-order valence-electron chi connectivity index (χ0n) is 17.1. The number of rotatable bonds is 7. The third-order valence-electron chi connectivity index (χ3n) is 3.89. The summed E-state index contributed by atoms with van der Waals surface area (Å²) in [5.74, 6) is 0.458. The number of carbonyl (C=O) groups is 2. The minimum Gasteiger partial charge on any atom is -0.497 e. The Morgan fingerprint density at radius 3 is 2.19 bits per heavy atom. The van der Waals surface area contributed by atoms with Gasteiger partial charge >= 0.3 is 0 Å². The average molecular weight is 380 g/mol. The molecule has 1 aliphatic carbocycles. The lowest BCUT2D eigenvalue weighted by molar-refractivity contribution is -0.123. The summed E-state index contributed by atoms with van der Waals surface area (Å²) in [6.45, 7) is 13.3. The molecule has 27 heavy (non-hydrogen) atoms. The Labute approximate surface area is 162 Å². The molecule has 152 valence electrons. The maximum Gasteiger partial charge on any atom is 0.177 e. The van der Waals surface area contributed by atoms with Crippen molar-refractivity contribution in [2.24, 2.45) is 5.92 Å². The van der Waals surface area contributed by atoms with Crippen molar-refractivity contribution in [2.45, 2.75) is 39.9 Å². The van der Waals surface area contributed by atoms with Crippen molar-refractivity contribution in [3.63, 3.8) is 0 Å². The third kappa shape index (κ3) is 7.53. The van der Waals surface area contributed by atoms with Crippen molar-refractivity contribution >= 4 is 12.1 Å². The third-order valence-corrected chi connectivity index (χ3v) is 3.89. The van der Waals surface area contributed by atoms with E-state index in [2.05, 4.69) is 13.2 Å². The van der Waals surface area contributed by atoms with E-state index in [1.54, 1.807) is 13.2 Å². The van der Waals surface area contributed by atoms with Gasteiger partial charge in [0.1, 0.15) is 17.8 Å². The van der Waals surface area contributed by atoms with Crippen molar-refractivity contribution in [2.75, 3.05) is 27.4 Å². The molecule has 2 rings (SSSR count). The van der Waals surface area contributed by atoms with Gasteiger partial charge in [-0.2, -0.15) is 0 Å². The van der Waals surface area contributed by atoms with Crippen molar-refractivity contribution in [1.29, 1.82) is 0 Å². The molecule has 0 radical (unpaired) electrons. The highest BCUT2D eigenvalue weighted by atomic mass is 16.7. The second kappa shape index (κ2) is 13.9. The van der Waals surface area contributed by atoms with Crippen molar-refractivity contribution < 1.29 is 28.5 Å². The Morgan fingerprint density at radius 1 is 1.15 bits per heavy atom. The van der Waals surface area contributed by atoms with Crippen LogP contribution in [0.4, 0.5) is 0 Å². The van der Waals surface area contributed by atoms with Gasteiger partial charge in [-0.25, -0.2) is 0 Å². The molecule has 0 heterocycles. The standard InChI is InChI=1S/C13H14O4.C6H14O2.C2H4/c1-16-10-5-8-3-4-9(7-14)13(15)12(8)11(6-10)17-2;1-4-7-6(3)8-5-2;1-2/h5-7,9H,3-4H2,1-2H3;6H,4-5H2,1-3H3;1-2H2. The van der Waals surface area contributed by atoms with Gasteiger partial charge in [-0.05, 0) is 45.2 Å². The molecule has 0 saturated heterocycles. The lowest BCUT2D eigenvalue weighted by atomic mass is 9.83. The van der Waals surface area contributed by atoms with Gasteiger partial charge in [0.05, 0.1) is 25.7 Å². The van der Waals surface area contributed by atoms with E-state index in [0.717, 1.165) is 25.1 Å². The van der Waals surface area contributed by atoms with Crippen LogP contribution in [-0.2, 0) is 20.7 Å². The maximum absolute atomic E-state index is 12.1. The van der Waals surface area contributed by atoms with E-state index in [1.807, 2.05) is 26.8 Å². The van der Waals surface area contributed by atoms with Gasteiger partial charge in [0.15, 0.2) is 12.1 Å². The minimum absolute atomic E-state index is 0.0370. The molecule has 1 aromatic carbocycles. The zero-order valence-corrected chi connectivity index (χ0v) is 17.1. The molecular weight excluding hydrogens is 348 g/mol. The van der Waals surface area contributed by atoms with E-state index in [1.165, 1.54) is 7.11 Å². The summed E-state index contributed by atoms with van der Waals surface area (Å²) < 4.78 is 20.5. The first-order chi connectivity index (χ1) is 13.0. The predicted octanol–water partition coefficient (Wildman–Crippen LogP) is 3.86. The number of aryl methyl sites for hydroxylation is 1. The normalized spacial score (nSPS) is 14.9. The highest BCUT2D eigenvalue weighted by molar-refractivity contribution is 6.09. The number of ether oxygens (including phenoxy) is 4. The first-order valence-corrected chi connectivity index (χ1v) is 8.99. The SMILES string of the molecule is C=C.CCOC(C)OCC.COc1cc2c(c(OC)c1)C(=O)C(C=O)CC2. The number of hydrogen-bond acceptors (Lipinski definition) is 6. The van der Waals surface area contributed by atoms with Gasteiger partial charge in [0, 0.05) is 19.3 Å². The number of hydrogen-bond donors (Lipinski definition) is 0. The van der Waals surface area contributed by atoms with E-state index >= 15 is 0 Å². The quantitative estimate of drug-likeness (QED) is 0.310. The molecule has 6 nitrogen and oxygen atoms in total. The van der Waals surface area contributed by atoms with Crippen LogP contribution in [0.3, 0.4) is 0 Å². The number of carbonyl (C=O) groups excluding carboxylic acids is 2. The highest BCUT2D eigenvalue weighted by Crippen LogP contribution is 2.35. The van der Waals surface area contributed by atoms with Crippen LogP contribution >= 0.6 is 0 Å². The summed E-state index contributed by atoms with van der Waals surface area (Å²) in [7, 11) is 3.08. The number of aldehydes is 1. The van der Waals surface area contributed by atoms with E-state index in [-0.39, 0.29) is 12.1 Å². The van der Waals surface area contributed by atoms with Crippen LogP contribution in [0.15, 0.2) is 25.3 Å². The second-order valence-electron chi connectivity index (χ2n) is 5.49. The predicted molar refractivity (Wildman–Crippen MR) is 106 cm³/mol. The van der Waals surface area contributed by atoms with E-state index in [4.69, 9.17) is 18.9 Å². The molecule has 0 spiro atoms. The van der Waals surface area contributed by atoms with Gasteiger partial charge in [-0.3, -0.25) is 4.79 Å². The summed E-state index contributed by atoms with van der Waals surface area (Å²) >= 11 is 0. The van der Waals surface area contributed by atoms with Gasteiger partial charge in [0.2, 0.25) is 0 Å². The Morgan fingerprint density at radius 2 is 1.74 bits per heavy atom. The maximum atomic E-state index is 12.1. The molecule has 0 amide bonds. The monoisotopic (exact) mass is 380 g/mol. The fourth-order valence-electron chi connectivity index (χ4n) is 2.68. The molecule has 0 N–H and O–H groups in total. The summed E-state index contributed by atoms with van der Waals surface area (Å²) in [5, 5.41) is 0. The number of benzene rings is 1. The van der Waals surface area contributed by atoms with Crippen LogP contribution in [0.1, 0.15) is 43.1 Å². The van der Waals surface area contributed by atoms with Crippen molar-refractivity contribution in [1.82, 2.24) is 0 Å². The Bertz CT molecular complexity index is 561. The Hall–Kier alpha value is -2.18. The van der Waals surface area contributed by atoms with Crippen molar-refractivity contribution in [3.8, 4) is 11.5 Å². The van der Waals surface area contributed by atoms with Crippen LogP contribution in [-0.4, -0.2) is 45.8 Å². The van der Waals surface area contributed by atoms with E-state index in [0.29, 0.717) is 29.9 Å². The molecule has 6 heteroatoms. The minimum atomic E-state index is -0.537. The number of Topliss-reactive ketones (excluding diaryl/α,β-unsaturated/α-hetero) is 1. The Balaban J connectivity index is 0.000000574. The van der Waals surface area contributed by atoms with Crippen LogP contribution < -0.4 is 9.47 Å². The molecule has 1 atom stereocenters. The molecule has 0 saturated carbocycles. The van der Waals surface area contributed by atoms with Gasteiger partial charge in [-0.15, -0.1) is 13.2 Å². The van der Waals surface area contributed by atoms with Crippen LogP contribution in [0.5, 0.6) is 11.5 Å². The first kappa shape index (κ1) is 24.8. The summed E-state index contributed by atoms with van der Waals surface area (Å²) in [6, 6.07) is 3.50. The summed E-state index contributed by atoms with van der Waals surface area (Å²) in [6.07, 6.45) is 1.93. The lowest BCUT2D eigenvalue weighted by Gasteiger charge is -2.22. The summed E-state index contributed by atoms with van der Waals surface area (Å²) in [4.78, 5) is 22.9. The number of methoxy groups -OCH3 is 2. The molecule has 1 unspecified atom stereocenters. The highest BCUT2D eigenvalue weighted by Gasteiger charge is 2.30. The number of fused-ring (bicyclic) bond motifs is 1. The van der Waals surface area contributed by atoms with E-state index < -0.39 is 5.92 Å². The largest absolute Gasteiger partial charge is 0.497 e. The molecule has 1 aromatic rings. The van der Waals surface area contributed by atoms with Gasteiger partial charge in [-0.1, -0.05) is 0 Å². The molecule has 0 aromatic heterocycles. The summed E-state index contributed by atoms with van der Waals surface area (Å²) in [5.41, 5.74) is 1.42. The zero-order chi connectivity index (χ0) is 20.8. The smallest absolute Gasteiger partial charge is 0.177 e. The average Bonchev–Trinajstić information content (AvgIpc) is 2.69. The molecule has 0 bridgehead atoms. The second-order valence-corrected chi connectivity index (χ2v) is 5.49. The van der Waals surface area contributed by atoms with Crippen LogP contribution in [0, 0.1) is 5.92 Å². The topological polar surface area (TPSA) is 71.1 Å². The van der Waals surface area contributed by atoms with E-state index in [9.17, 15) is 9.59 Å². The molecule has 1 aliphatic rings. The molecular formula is C21H32O6. The molecule has 0 aliphatic heterocycles. The first-order valence-electron chi connectivity index (χ1n) is 8.99. The number of ketones is 1.